The third-order valence-corrected chi connectivity index (χ3v) is 5.76. The highest BCUT2D eigenvalue weighted by molar-refractivity contribution is 6.30. The number of nitroso groups, excluding NO2 is 1. The van der Waals surface area contributed by atoms with E-state index in [9.17, 15) is 40.4 Å². The number of carbonyl (C=O) groups excluding carboxylic acids is 1. The van der Waals surface area contributed by atoms with Crippen molar-refractivity contribution in [1.82, 2.24) is 10.00 Å². The lowest BCUT2D eigenvalue weighted by Gasteiger charge is -2.35. The van der Waals surface area contributed by atoms with Crippen LogP contribution in [0, 0.1) is 11.8 Å². The summed E-state index contributed by atoms with van der Waals surface area (Å²) in [6.07, 6.45) is -6.60. The molecule has 0 radical (unpaired) electrons. The maximum Gasteiger partial charge on any atom is 0.460 e. The molecule has 186 valence electrons. The summed E-state index contributed by atoms with van der Waals surface area (Å²) in [7, 11) is 0. The van der Waals surface area contributed by atoms with Crippen LogP contribution < -0.4 is 9.58 Å². The predicted molar refractivity (Wildman–Crippen MR) is 106 cm³/mol. The first-order valence-corrected chi connectivity index (χ1v) is 10.2. The van der Waals surface area contributed by atoms with Crippen molar-refractivity contribution in [2.75, 3.05) is 31.1 Å². The van der Waals surface area contributed by atoms with Gasteiger partial charge in [-0.3, -0.25) is 4.79 Å². The van der Waals surface area contributed by atoms with Crippen LogP contribution in [0.2, 0.25) is 5.02 Å². The Hall–Kier alpha value is -2.90. The molecule has 1 fully saturated rings. The van der Waals surface area contributed by atoms with E-state index in [-0.39, 0.29) is 13.1 Å². The van der Waals surface area contributed by atoms with Crippen molar-refractivity contribution in [3.8, 4) is 0 Å². The van der Waals surface area contributed by atoms with Crippen LogP contribution in [-0.4, -0.2) is 54.2 Å². The number of nitrogens with one attached hydrogen (secondary N) is 1. The summed E-state index contributed by atoms with van der Waals surface area (Å²) in [6.45, 7) is 1.59. The zero-order valence-corrected chi connectivity index (χ0v) is 18.2. The molecular weight excluding hydrogens is 499 g/mol. The summed E-state index contributed by atoms with van der Waals surface area (Å²) in [6, 6.07) is 7.00. The van der Waals surface area contributed by atoms with Gasteiger partial charge in [-0.2, -0.15) is 35.8 Å². The van der Waals surface area contributed by atoms with E-state index in [1.807, 2.05) is 4.90 Å². The lowest BCUT2D eigenvalue weighted by Crippen LogP contribution is -2.54. The number of alkyl halides is 7. The van der Waals surface area contributed by atoms with E-state index in [0.29, 0.717) is 22.8 Å². The van der Waals surface area contributed by atoms with Crippen LogP contribution in [0.25, 0.3) is 0 Å². The normalized spacial score (nSPS) is 15.6. The molecule has 34 heavy (non-hydrogen) atoms. The second-order valence-corrected chi connectivity index (χ2v) is 8.03. The molecule has 15 heteroatoms. The minimum Gasteiger partial charge on any atom is -0.368 e. The van der Waals surface area contributed by atoms with Gasteiger partial charge in [-0.15, -0.1) is 9.59 Å². The number of H-pyrrole nitrogens is 1. The maximum absolute atomic E-state index is 14.2. The van der Waals surface area contributed by atoms with E-state index >= 15 is 0 Å². The number of piperazine rings is 1. The molecule has 0 spiro atoms. The summed E-state index contributed by atoms with van der Waals surface area (Å²) in [5, 5.41) is 4.40. The van der Waals surface area contributed by atoms with Gasteiger partial charge in [0.05, 0.1) is 0 Å². The van der Waals surface area contributed by atoms with Crippen molar-refractivity contribution in [1.29, 1.82) is 0 Å². The van der Waals surface area contributed by atoms with Crippen LogP contribution >= 0.6 is 11.6 Å². The number of hydrogen-bond donors (Lipinski definition) is 1. The minimum atomic E-state index is -6.60. The van der Waals surface area contributed by atoms with Gasteiger partial charge < -0.3 is 9.80 Å². The molecule has 1 saturated heterocycles. The maximum atomic E-state index is 14.2. The van der Waals surface area contributed by atoms with Crippen LogP contribution in [0.1, 0.15) is 11.4 Å². The molecule has 0 atom stereocenters. The lowest BCUT2D eigenvalue weighted by molar-refractivity contribution is -0.745. The molecule has 7 nitrogen and oxygen atoms in total. The fourth-order valence-corrected chi connectivity index (χ4v) is 3.63. The average Bonchev–Trinajstić information content (AvgIpc) is 3.09. The standard InChI is InChI=1S/C19H17ClF7N5O2/c1-11-15(29-34)16(17(21,22)18(23,24)19(25,26)27)28-32(11)10-14(33)31-8-6-30(7-9-31)13-4-2-12(20)3-5-13/h2-5H,6-10H2,1H3/p+1. The molecule has 1 aromatic carbocycles. The fourth-order valence-electron chi connectivity index (χ4n) is 3.51. The van der Waals surface area contributed by atoms with Gasteiger partial charge in [-0.25, -0.2) is 0 Å². The Balaban J connectivity index is 1.76. The van der Waals surface area contributed by atoms with Crippen LogP contribution in [-0.2, 0) is 17.3 Å². The van der Waals surface area contributed by atoms with E-state index in [1.165, 1.54) is 4.90 Å². The number of halogens is 8. The van der Waals surface area contributed by atoms with E-state index in [2.05, 4.69) is 5.18 Å². The van der Waals surface area contributed by atoms with Crippen LogP contribution in [0.3, 0.4) is 0 Å². The quantitative estimate of drug-likeness (QED) is 0.353. The highest BCUT2D eigenvalue weighted by atomic mass is 35.5. The highest BCUT2D eigenvalue weighted by Crippen LogP contribution is 2.53. The third kappa shape index (κ3) is 4.55. The van der Waals surface area contributed by atoms with Crippen molar-refractivity contribution >= 4 is 28.9 Å². The van der Waals surface area contributed by atoms with Crippen molar-refractivity contribution in [3.63, 3.8) is 0 Å². The highest BCUT2D eigenvalue weighted by Gasteiger charge is 2.75. The Morgan fingerprint density at radius 3 is 2.12 bits per heavy atom. The molecule has 1 aliphatic heterocycles. The molecule has 2 aromatic rings. The largest absolute Gasteiger partial charge is 0.460 e. The van der Waals surface area contributed by atoms with Crippen LogP contribution in [0.15, 0.2) is 29.4 Å². The van der Waals surface area contributed by atoms with Gasteiger partial charge in [0, 0.05) is 43.8 Å². The summed E-state index contributed by atoms with van der Waals surface area (Å²) >= 11 is 5.86. The number of anilines is 1. The number of amides is 1. The first-order valence-electron chi connectivity index (χ1n) is 9.77. The van der Waals surface area contributed by atoms with Crippen molar-refractivity contribution in [2.24, 2.45) is 5.18 Å². The molecule has 1 amide bonds. The molecule has 0 bridgehead atoms. The second-order valence-electron chi connectivity index (χ2n) is 7.59. The molecule has 1 aromatic heterocycles. The Morgan fingerprint density at radius 2 is 1.62 bits per heavy atom. The molecule has 1 aliphatic rings. The first-order chi connectivity index (χ1) is 15.7. The van der Waals surface area contributed by atoms with E-state index in [1.54, 1.807) is 29.4 Å². The summed E-state index contributed by atoms with van der Waals surface area (Å²) in [5.74, 6) is -13.0. The van der Waals surface area contributed by atoms with Crippen molar-refractivity contribution in [3.05, 3.63) is 45.6 Å². The third-order valence-electron chi connectivity index (χ3n) is 5.50. The second kappa shape index (κ2) is 9.04. The van der Waals surface area contributed by atoms with E-state index in [0.717, 1.165) is 12.6 Å². The van der Waals surface area contributed by atoms with Crippen molar-refractivity contribution in [2.45, 2.75) is 31.5 Å². The van der Waals surface area contributed by atoms with Gasteiger partial charge in [-0.1, -0.05) is 11.6 Å². The van der Waals surface area contributed by atoms with Gasteiger partial charge >= 0.3 is 18.0 Å². The zero-order valence-electron chi connectivity index (χ0n) is 17.5. The molecule has 3 rings (SSSR count). The Bertz CT molecular complexity index is 1060. The SMILES string of the molecule is Cc1c(N=O)c(C(F)(F)C(F)(F)C(F)(F)F)[nH][n+]1CC(=O)N1CCN(c2ccc(Cl)cc2)CC1. The average molecular weight is 517 g/mol. The monoisotopic (exact) mass is 516 g/mol. The Kier molecular flexibility index (Phi) is 6.84. The fraction of sp³-hybridized carbons (Fsp3) is 0.474. The molecule has 0 aliphatic carbocycles. The molecule has 0 unspecified atom stereocenters. The number of benzene rings is 1. The zero-order chi connectivity index (χ0) is 25.5. The topological polar surface area (TPSA) is 72.6 Å². The van der Waals surface area contributed by atoms with Gasteiger partial charge in [-0.05, 0) is 29.4 Å². The van der Waals surface area contributed by atoms with Gasteiger partial charge in [0.15, 0.2) is 5.69 Å². The molecule has 0 saturated carbocycles. The summed E-state index contributed by atoms with van der Waals surface area (Å²) in [5.41, 5.74) is -2.97. The van der Waals surface area contributed by atoms with Crippen molar-refractivity contribution < 1.29 is 40.2 Å². The summed E-state index contributed by atoms with van der Waals surface area (Å²) in [4.78, 5) is 27.0. The number of aromatic nitrogens is 2. The number of aromatic amines is 1. The first kappa shape index (κ1) is 25.7. The number of nitrogens with zero attached hydrogens (tertiary/aromatic N) is 4. The van der Waals surface area contributed by atoms with E-state index < -0.39 is 47.5 Å². The summed E-state index contributed by atoms with van der Waals surface area (Å²) < 4.78 is 93.5. The van der Waals surface area contributed by atoms with Gasteiger partial charge in [0.1, 0.15) is 0 Å². The van der Waals surface area contributed by atoms with Gasteiger partial charge in [0.25, 0.3) is 5.91 Å². The minimum absolute atomic E-state index is 0.232. The Morgan fingerprint density at radius 1 is 1.06 bits per heavy atom. The molecule has 2 heterocycles. The molecule has 1 N–H and O–H groups in total. The lowest BCUT2D eigenvalue weighted by atomic mass is 10.1. The number of carbonyl (C=O) groups is 1. The smallest absolute Gasteiger partial charge is 0.368 e. The Labute approximate surface area is 193 Å². The predicted octanol–water partition coefficient (Wildman–Crippen LogP) is 4.30. The van der Waals surface area contributed by atoms with Crippen LogP contribution in [0.5, 0.6) is 0 Å². The number of hydrogen-bond acceptors (Lipinski definition) is 4. The molecular formula is C19H18ClF7N5O2+. The van der Waals surface area contributed by atoms with Crippen LogP contribution in [0.4, 0.5) is 42.1 Å². The number of rotatable bonds is 6. The van der Waals surface area contributed by atoms with E-state index in [4.69, 9.17) is 11.6 Å². The van der Waals surface area contributed by atoms with Gasteiger partial charge in [0.2, 0.25) is 17.9 Å².